The number of H-pyrrole nitrogens is 1. The molecule has 7 heteroatoms. The maximum atomic E-state index is 11.8. The molecule has 0 aliphatic rings. The summed E-state index contributed by atoms with van der Waals surface area (Å²) in [6.07, 6.45) is 0. The second-order valence-electron chi connectivity index (χ2n) is 4.53. The maximum absolute atomic E-state index is 11.8. The van der Waals surface area contributed by atoms with Crippen molar-refractivity contribution in [2.24, 2.45) is 0 Å². The molecule has 3 N–H and O–H groups in total. The summed E-state index contributed by atoms with van der Waals surface area (Å²) in [5.41, 5.74) is 1.21. The lowest BCUT2D eigenvalue weighted by Crippen LogP contribution is -2.39. The topological polar surface area (TPSA) is 78.9 Å². The number of halogens is 1. The second kappa shape index (κ2) is 7.12. The number of imidazole rings is 1. The maximum Gasteiger partial charge on any atom is 0.326 e. The van der Waals surface area contributed by atoms with Crippen LogP contribution in [0.5, 0.6) is 0 Å². The van der Waals surface area contributed by atoms with E-state index in [0.29, 0.717) is 6.54 Å². The number of hydrogen-bond acceptors (Lipinski definition) is 3. The molecule has 0 fully saturated rings. The van der Waals surface area contributed by atoms with Crippen molar-refractivity contribution >= 4 is 29.3 Å². The van der Waals surface area contributed by atoms with E-state index >= 15 is 0 Å². The van der Waals surface area contributed by atoms with Gasteiger partial charge in [0.1, 0.15) is 6.54 Å². The first kappa shape index (κ1) is 16.3. The molecule has 1 unspecified atom stereocenters. The molecule has 0 saturated carbocycles. The first-order chi connectivity index (χ1) is 9.11. The van der Waals surface area contributed by atoms with Gasteiger partial charge in [-0.05, 0) is 26.1 Å². The van der Waals surface area contributed by atoms with Crippen molar-refractivity contribution in [2.45, 2.75) is 19.5 Å². The van der Waals surface area contributed by atoms with Gasteiger partial charge < -0.3 is 15.6 Å². The van der Waals surface area contributed by atoms with Crippen LogP contribution in [0.2, 0.25) is 0 Å². The Kier molecular flexibility index (Phi) is 5.79. The van der Waals surface area contributed by atoms with Crippen LogP contribution in [0, 0.1) is 0 Å². The summed E-state index contributed by atoms with van der Waals surface area (Å²) in [5.74, 6) is -0.172. The SMILES string of the molecule is CNC(C)CNC(=O)Cn1c(=O)[nH]c2ccccc21.Cl. The molecule has 0 spiro atoms. The van der Waals surface area contributed by atoms with Crippen molar-refractivity contribution in [2.75, 3.05) is 13.6 Å². The minimum atomic E-state index is -0.266. The highest BCUT2D eigenvalue weighted by Crippen LogP contribution is 2.08. The standard InChI is InChI=1S/C13H18N4O2.ClH/c1-9(14-2)7-15-12(18)8-17-11-6-4-3-5-10(11)16-13(17)19;/h3-6,9,14H,7-8H2,1-2H3,(H,15,18)(H,16,19);1H. The molecule has 6 nitrogen and oxygen atoms in total. The number of carbonyl (C=O) groups excluding carboxylic acids is 1. The Labute approximate surface area is 123 Å². The third-order valence-electron chi connectivity index (χ3n) is 3.08. The molecule has 1 heterocycles. The smallest absolute Gasteiger partial charge is 0.326 e. The van der Waals surface area contributed by atoms with Crippen molar-refractivity contribution in [3.05, 3.63) is 34.7 Å². The predicted octanol–water partition coefficient (Wildman–Crippen LogP) is 0.476. The number of nitrogens with zero attached hydrogens (tertiary/aromatic N) is 1. The first-order valence-electron chi connectivity index (χ1n) is 6.23. The van der Waals surface area contributed by atoms with E-state index in [2.05, 4.69) is 15.6 Å². The number of benzene rings is 1. The molecule has 110 valence electrons. The lowest BCUT2D eigenvalue weighted by Gasteiger charge is -2.11. The first-order valence-corrected chi connectivity index (χ1v) is 6.23. The predicted molar refractivity (Wildman–Crippen MR) is 81.3 cm³/mol. The molecular weight excluding hydrogens is 280 g/mol. The van der Waals surface area contributed by atoms with Crippen molar-refractivity contribution in [3.63, 3.8) is 0 Å². The Hall–Kier alpha value is -1.79. The summed E-state index contributed by atoms with van der Waals surface area (Å²) in [7, 11) is 1.83. The molecule has 2 rings (SSSR count). The molecule has 0 saturated heterocycles. The van der Waals surface area contributed by atoms with Crippen LogP contribution in [0.15, 0.2) is 29.1 Å². The van der Waals surface area contributed by atoms with Crippen LogP contribution in [0.1, 0.15) is 6.92 Å². The molecule has 0 radical (unpaired) electrons. The molecule has 0 aliphatic carbocycles. The van der Waals surface area contributed by atoms with Gasteiger partial charge in [0.25, 0.3) is 0 Å². The number of rotatable bonds is 5. The highest BCUT2D eigenvalue weighted by atomic mass is 35.5. The number of carbonyl (C=O) groups is 1. The van der Waals surface area contributed by atoms with Crippen LogP contribution in [-0.2, 0) is 11.3 Å². The quantitative estimate of drug-likeness (QED) is 0.751. The van der Waals surface area contributed by atoms with Crippen molar-refractivity contribution < 1.29 is 4.79 Å². The van der Waals surface area contributed by atoms with Crippen LogP contribution in [-0.4, -0.2) is 35.1 Å². The summed E-state index contributed by atoms with van der Waals surface area (Å²) in [6, 6.07) is 7.51. The number of aromatic amines is 1. The summed E-state index contributed by atoms with van der Waals surface area (Å²) in [5, 5.41) is 5.82. The molecule has 0 aliphatic heterocycles. The van der Waals surface area contributed by atoms with E-state index in [0.717, 1.165) is 11.0 Å². The van der Waals surface area contributed by atoms with Gasteiger partial charge in [0.2, 0.25) is 5.91 Å². The van der Waals surface area contributed by atoms with Gasteiger partial charge in [-0.15, -0.1) is 12.4 Å². The van der Waals surface area contributed by atoms with Gasteiger partial charge in [0, 0.05) is 12.6 Å². The molecule has 1 atom stereocenters. The lowest BCUT2D eigenvalue weighted by molar-refractivity contribution is -0.121. The van der Waals surface area contributed by atoms with Crippen LogP contribution < -0.4 is 16.3 Å². The van der Waals surface area contributed by atoms with E-state index < -0.39 is 0 Å². The van der Waals surface area contributed by atoms with E-state index in [4.69, 9.17) is 0 Å². The van der Waals surface area contributed by atoms with Gasteiger partial charge in [0.05, 0.1) is 11.0 Å². The number of para-hydroxylation sites is 2. The summed E-state index contributed by atoms with van der Waals surface area (Å²) >= 11 is 0. The third-order valence-corrected chi connectivity index (χ3v) is 3.08. The average molecular weight is 299 g/mol. The Morgan fingerprint density at radius 3 is 2.80 bits per heavy atom. The van der Waals surface area contributed by atoms with E-state index in [-0.39, 0.29) is 36.6 Å². The molecule has 1 aromatic carbocycles. The van der Waals surface area contributed by atoms with Crippen molar-refractivity contribution in [3.8, 4) is 0 Å². The molecule has 20 heavy (non-hydrogen) atoms. The second-order valence-corrected chi connectivity index (χ2v) is 4.53. The largest absolute Gasteiger partial charge is 0.353 e. The van der Waals surface area contributed by atoms with Crippen LogP contribution >= 0.6 is 12.4 Å². The van der Waals surface area contributed by atoms with E-state index in [1.807, 2.05) is 38.2 Å². The zero-order valence-corrected chi connectivity index (χ0v) is 12.3. The van der Waals surface area contributed by atoms with E-state index in [9.17, 15) is 9.59 Å². The van der Waals surface area contributed by atoms with Crippen molar-refractivity contribution in [1.29, 1.82) is 0 Å². The molecule has 2 aromatic rings. The minimum absolute atomic E-state index is 0. The van der Waals surface area contributed by atoms with E-state index in [1.165, 1.54) is 4.57 Å². The number of aromatic nitrogens is 2. The van der Waals surface area contributed by atoms with Gasteiger partial charge >= 0.3 is 5.69 Å². The highest BCUT2D eigenvalue weighted by Gasteiger charge is 2.10. The Bertz CT molecular complexity index is 635. The van der Waals surface area contributed by atoms with Crippen LogP contribution in [0.4, 0.5) is 0 Å². The fourth-order valence-corrected chi connectivity index (χ4v) is 1.83. The number of hydrogen-bond donors (Lipinski definition) is 3. The normalized spacial score (nSPS) is 11.9. The Morgan fingerprint density at radius 1 is 1.40 bits per heavy atom. The lowest BCUT2D eigenvalue weighted by atomic mass is 10.3. The van der Waals surface area contributed by atoms with Gasteiger partial charge in [-0.1, -0.05) is 12.1 Å². The summed E-state index contributed by atoms with van der Waals surface area (Å²) in [4.78, 5) is 26.3. The number of nitrogens with one attached hydrogen (secondary N) is 3. The van der Waals surface area contributed by atoms with Gasteiger partial charge in [0.15, 0.2) is 0 Å². The van der Waals surface area contributed by atoms with Gasteiger partial charge in [-0.25, -0.2) is 4.79 Å². The zero-order valence-electron chi connectivity index (χ0n) is 11.5. The summed E-state index contributed by atoms with van der Waals surface area (Å²) in [6.45, 7) is 2.53. The van der Waals surface area contributed by atoms with E-state index in [1.54, 1.807) is 0 Å². The summed E-state index contributed by atoms with van der Waals surface area (Å²) < 4.78 is 1.44. The number of fused-ring (bicyclic) bond motifs is 1. The van der Waals surface area contributed by atoms with Gasteiger partial charge in [-0.3, -0.25) is 9.36 Å². The highest BCUT2D eigenvalue weighted by molar-refractivity contribution is 5.85. The fourth-order valence-electron chi connectivity index (χ4n) is 1.83. The fraction of sp³-hybridized carbons (Fsp3) is 0.385. The Balaban J connectivity index is 0.00000200. The van der Waals surface area contributed by atoms with Crippen LogP contribution in [0.3, 0.4) is 0 Å². The number of amides is 1. The molecule has 0 bridgehead atoms. The van der Waals surface area contributed by atoms with Crippen LogP contribution in [0.25, 0.3) is 11.0 Å². The third kappa shape index (κ3) is 3.61. The molecular formula is C13H19ClN4O2. The Morgan fingerprint density at radius 2 is 2.10 bits per heavy atom. The monoisotopic (exact) mass is 298 g/mol. The molecule has 1 amide bonds. The number of likely N-dealkylation sites (N-methyl/N-ethyl adjacent to an activating group) is 1. The zero-order chi connectivity index (χ0) is 13.8. The van der Waals surface area contributed by atoms with Gasteiger partial charge in [-0.2, -0.15) is 0 Å². The van der Waals surface area contributed by atoms with Crippen molar-refractivity contribution in [1.82, 2.24) is 20.2 Å². The molecule has 1 aromatic heterocycles. The average Bonchev–Trinajstić information content (AvgIpc) is 2.72. The minimum Gasteiger partial charge on any atom is -0.353 e.